The molecule has 5 nitrogen and oxygen atoms in total. The first-order valence-electron chi connectivity index (χ1n) is 5.63. The highest BCUT2D eigenvalue weighted by atomic mass is 32.2. The Morgan fingerprint density at radius 3 is 2.72 bits per heavy atom. The van der Waals surface area contributed by atoms with Gasteiger partial charge in [0.25, 0.3) is 0 Å². The van der Waals surface area contributed by atoms with Gasteiger partial charge < -0.3 is 5.11 Å². The summed E-state index contributed by atoms with van der Waals surface area (Å²) in [4.78, 5) is -0.0108. The number of nitrogens with zero attached hydrogens (tertiary/aromatic N) is 1. The van der Waals surface area contributed by atoms with Gasteiger partial charge in [-0.1, -0.05) is 12.1 Å². The number of sulfonamides is 1. The molecule has 0 fully saturated rings. The monoisotopic (exact) mass is 268 g/mol. The fourth-order valence-corrected chi connectivity index (χ4v) is 3.01. The van der Waals surface area contributed by atoms with Crippen molar-refractivity contribution in [2.24, 2.45) is 0 Å². The van der Waals surface area contributed by atoms with Crippen molar-refractivity contribution in [1.29, 1.82) is 5.26 Å². The molecule has 0 radical (unpaired) electrons. The Balaban J connectivity index is 2.90. The van der Waals surface area contributed by atoms with Gasteiger partial charge in [-0.15, -0.1) is 0 Å². The van der Waals surface area contributed by atoms with Crippen LogP contribution in [0, 0.1) is 11.3 Å². The molecule has 0 aliphatic rings. The van der Waals surface area contributed by atoms with Crippen molar-refractivity contribution in [3.63, 3.8) is 0 Å². The molecule has 1 atom stereocenters. The number of aliphatic hydroxyl groups excluding tert-OH is 1. The summed E-state index contributed by atoms with van der Waals surface area (Å²) in [5.41, 5.74) is 0.124. The van der Waals surface area contributed by atoms with Gasteiger partial charge in [0.15, 0.2) is 0 Å². The van der Waals surface area contributed by atoms with Gasteiger partial charge in [-0.3, -0.25) is 0 Å². The molecule has 0 spiro atoms. The fraction of sp³-hybridized carbons (Fsp3) is 0.417. The Hall–Kier alpha value is -1.42. The predicted molar refractivity (Wildman–Crippen MR) is 67.3 cm³/mol. The molecule has 98 valence electrons. The molecule has 6 heteroatoms. The first-order chi connectivity index (χ1) is 8.51. The lowest BCUT2D eigenvalue weighted by molar-refractivity contribution is 0.279. The zero-order valence-electron chi connectivity index (χ0n) is 10.1. The van der Waals surface area contributed by atoms with Gasteiger partial charge in [0.2, 0.25) is 10.0 Å². The molecule has 0 amide bonds. The first-order valence-corrected chi connectivity index (χ1v) is 7.12. The molecule has 2 N–H and O–H groups in total. The van der Waals surface area contributed by atoms with E-state index in [2.05, 4.69) is 4.72 Å². The lowest BCUT2D eigenvalue weighted by atomic mass is 10.2. The van der Waals surface area contributed by atoms with E-state index in [0.29, 0.717) is 12.8 Å². The molecule has 1 unspecified atom stereocenters. The lowest BCUT2D eigenvalue weighted by Crippen LogP contribution is -2.33. The summed E-state index contributed by atoms with van der Waals surface area (Å²) >= 11 is 0. The van der Waals surface area contributed by atoms with E-state index in [4.69, 9.17) is 10.4 Å². The summed E-state index contributed by atoms with van der Waals surface area (Å²) in [5, 5.41) is 17.6. The number of hydrogen-bond acceptors (Lipinski definition) is 4. The summed E-state index contributed by atoms with van der Waals surface area (Å²) < 4.78 is 26.6. The van der Waals surface area contributed by atoms with E-state index >= 15 is 0 Å². The topological polar surface area (TPSA) is 90.2 Å². The zero-order chi connectivity index (χ0) is 13.6. The van der Waals surface area contributed by atoms with E-state index in [-0.39, 0.29) is 23.1 Å². The normalized spacial score (nSPS) is 12.9. The minimum Gasteiger partial charge on any atom is -0.396 e. The predicted octanol–water partition coefficient (Wildman–Crippen LogP) is 0.998. The second kappa shape index (κ2) is 6.50. The Morgan fingerprint density at radius 2 is 2.11 bits per heavy atom. The maximum atomic E-state index is 12.1. The number of nitrogens with one attached hydrogen (secondary N) is 1. The maximum absolute atomic E-state index is 12.1. The molecule has 1 aromatic carbocycles. The van der Waals surface area contributed by atoms with Gasteiger partial charge >= 0.3 is 0 Å². The van der Waals surface area contributed by atoms with Crippen LogP contribution in [-0.2, 0) is 10.0 Å². The zero-order valence-corrected chi connectivity index (χ0v) is 10.9. The van der Waals surface area contributed by atoms with Gasteiger partial charge in [0.1, 0.15) is 6.07 Å². The lowest BCUT2D eigenvalue weighted by Gasteiger charge is -2.14. The van der Waals surface area contributed by atoms with Crippen LogP contribution in [0.4, 0.5) is 0 Å². The van der Waals surface area contributed by atoms with E-state index in [0.717, 1.165) is 0 Å². The average Bonchev–Trinajstić information content (AvgIpc) is 2.35. The van der Waals surface area contributed by atoms with Crippen molar-refractivity contribution in [3.8, 4) is 6.07 Å². The van der Waals surface area contributed by atoms with Crippen LogP contribution in [0.3, 0.4) is 0 Å². The summed E-state index contributed by atoms with van der Waals surface area (Å²) in [6.07, 6.45) is 1.08. The van der Waals surface area contributed by atoms with Crippen LogP contribution in [-0.4, -0.2) is 26.2 Å². The standard InChI is InChI=1S/C12H16N2O3S/c1-10(5-4-8-15)14-18(16,17)12-7-3-2-6-11(12)9-13/h2-3,6-7,10,14-15H,4-5,8H2,1H3. The van der Waals surface area contributed by atoms with Crippen LogP contribution in [0.15, 0.2) is 29.2 Å². The molecular formula is C12H16N2O3S. The first kappa shape index (κ1) is 14.6. The third-order valence-electron chi connectivity index (χ3n) is 2.45. The van der Waals surface area contributed by atoms with E-state index < -0.39 is 10.0 Å². The second-order valence-electron chi connectivity index (χ2n) is 4.00. The number of hydrogen-bond donors (Lipinski definition) is 2. The summed E-state index contributed by atoms with van der Waals surface area (Å²) in [5.74, 6) is 0. The molecular weight excluding hydrogens is 252 g/mol. The summed E-state index contributed by atoms with van der Waals surface area (Å²) in [6, 6.07) is 7.64. The minimum absolute atomic E-state index is 0.0108. The van der Waals surface area contributed by atoms with E-state index in [1.165, 1.54) is 12.1 Å². The van der Waals surface area contributed by atoms with Crippen molar-refractivity contribution >= 4 is 10.0 Å². The van der Waals surface area contributed by atoms with Crippen LogP contribution < -0.4 is 4.72 Å². The van der Waals surface area contributed by atoms with Crippen molar-refractivity contribution < 1.29 is 13.5 Å². The van der Waals surface area contributed by atoms with Gasteiger partial charge in [0, 0.05) is 12.6 Å². The van der Waals surface area contributed by atoms with Crippen LogP contribution in [0.2, 0.25) is 0 Å². The molecule has 0 bridgehead atoms. The minimum atomic E-state index is -3.69. The maximum Gasteiger partial charge on any atom is 0.242 e. The third kappa shape index (κ3) is 3.81. The largest absolute Gasteiger partial charge is 0.396 e. The van der Waals surface area contributed by atoms with Crippen molar-refractivity contribution in [3.05, 3.63) is 29.8 Å². The van der Waals surface area contributed by atoms with Crippen molar-refractivity contribution in [2.45, 2.75) is 30.7 Å². The smallest absolute Gasteiger partial charge is 0.242 e. The van der Waals surface area contributed by atoms with Crippen LogP contribution >= 0.6 is 0 Å². The molecule has 0 aliphatic carbocycles. The van der Waals surface area contributed by atoms with E-state index in [1.54, 1.807) is 19.1 Å². The SMILES string of the molecule is CC(CCCO)NS(=O)(=O)c1ccccc1C#N. The second-order valence-corrected chi connectivity index (χ2v) is 5.68. The van der Waals surface area contributed by atoms with E-state index in [9.17, 15) is 8.42 Å². The molecule has 0 aromatic heterocycles. The Morgan fingerprint density at radius 1 is 1.44 bits per heavy atom. The fourth-order valence-electron chi connectivity index (χ4n) is 1.58. The molecule has 1 rings (SSSR count). The highest BCUT2D eigenvalue weighted by Gasteiger charge is 2.20. The van der Waals surface area contributed by atoms with Crippen LogP contribution in [0.1, 0.15) is 25.3 Å². The number of nitriles is 1. The Labute approximate surface area is 107 Å². The molecule has 0 aliphatic heterocycles. The quantitative estimate of drug-likeness (QED) is 0.805. The molecule has 0 saturated carbocycles. The van der Waals surface area contributed by atoms with Gasteiger partial charge in [-0.05, 0) is 31.9 Å². The highest BCUT2D eigenvalue weighted by molar-refractivity contribution is 7.89. The van der Waals surface area contributed by atoms with Crippen molar-refractivity contribution in [1.82, 2.24) is 4.72 Å². The molecule has 18 heavy (non-hydrogen) atoms. The van der Waals surface area contributed by atoms with Gasteiger partial charge in [0.05, 0.1) is 10.5 Å². The number of aliphatic hydroxyl groups is 1. The number of benzene rings is 1. The third-order valence-corrected chi connectivity index (χ3v) is 4.10. The molecule has 0 heterocycles. The van der Waals surface area contributed by atoms with Gasteiger partial charge in [-0.2, -0.15) is 5.26 Å². The Bertz CT molecular complexity index is 534. The summed E-state index contributed by atoms with van der Waals surface area (Å²) in [7, 11) is -3.69. The van der Waals surface area contributed by atoms with Crippen molar-refractivity contribution in [2.75, 3.05) is 6.61 Å². The average molecular weight is 268 g/mol. The highest BCUT2D eigenvalue weighted by Crippen LogP contribution is 2.15. The molecule has 1 aromatic rings. The van der Waals surface area contributed by atoms with Crippen LogP contribution in [0.25, 0.3) is 0 Å². The Kier molecular flexibility index (Phi) is 5.28. The van der Waals surface area contributed by atoms with E-state index in [1.807, 2.05) is 6.07 Å². The van der Waals surface area contributed by atoms with Crippen LogP contribution in [0.5, 0.6) is 0 Å². The van der Waals surface area contributed by atoms with Gasteiger partial charge in [-0.25, -0.2) is 13.1 Å². The number of rotatable bonds is 6. The summed E-state index contributed by atoms with van der Waals surface area (Å²) in [6.45, 7) is 1.75. The molecule has 0 saturated heterocycles.